The zero-order chi connectivity index (χ0) is 17.1. The summed E-state index contributed by atoms with van der Waals surface area (Å²) in [5, 5.41) is 0.759. The molecule has 130 valence electrons. The Hall–Kier alpha value is -2.28. The minimum atomic E-state index is 0.217. The van der Waals surface area contributed by atoms with Crippen LogP contribution < -0.4 is 20.1 Å². The van der Waals surface area contributed by atoms with Crippen LogP contribution in [-0.4, -0.2) is 50.0 Å². The van der Waals surface area contributed by atoms with Crippen molar-refractivity contribution in [3.05, 3.63) is 12.1 Å². The van der Waals surface area contributed by atoms with Crippen molar-refractivity contribution in [2.75, 3.05) is 44.5 Å². The molecule has 0 unspecified atom stereocenters. The zero-order valence-corrected chi connectivity index (χ0v) is 14.4. The van der Waals surface area contributed by atoms with Crippen molar-refractivity contribution >= 4 is 22.7 Å². The monoisotopic (exact) mass is 332 g/mol. The predicted octanol–water partition coefficient (Wildman–Crippen LogP) is 2.23. The molecule has 1 fully saturated rings. The molecule has 24 heavy (non-hydrogen) atoms. The Morgan fingerprint density at radius 1 is 1.21 bits per heavy atom. The van der Waals surface area contributed by atoms with Crippen LogP contribution in [0.2, 0.25) is 0 Å². The number of nitrogens with zero attached hydrogens (tertiary/aromatic N) is 3. The summed E-state index contributed by atoms with van der Waals surface area (Å²) in [4.78, 5) is 11.3. The van der Waals surface area contributed by atoms with Gasteiger partial charge in [-0.15, -0.1) is 0 Å². The van der Waals surface area contributed by atoms with Gasteiger partial charge in [0.05, 0.1) is 25.8 Å². The number of nitrogen functional groups attached to an aromatic ring is 1. The van der Waals surface area contributed by atoms with E-state index in [4.69, 9.17) is 19.9 Å². The number of ether oxygens (including phenoxy) is 3. The van der Waals surface area contributed by atoms with E-state index in [0.29, 0.717) is 23.3 Å². The van der Waals surface area contributed by atoms with Gasteiger partial charge in [-0.1, -0.05) is 0 Å². The Bertz CT molecular complexity index is 721. The van der Waals surface area contributed by atoms with Gasteiger partial charge in [0.25, 0.3) is 0 Å². The Morgan fingerprint density at radius 2 is 1.96 bits per heavy atom. The van der Waals surface area contributed by atoms with Crippen LogP contribution in [0.4, 0.5) is 11.8 Å². The highest BCUT2D eigenvalue weighted by Gasteiger charge is 2.23. The number of hydrogen-bond acceptors (Lipinski definition) is 7. The van der Waals surface area contributed by atoms with E-state index in [1.165, 1.54) is 0 Å². The summed E-state index contributed by atoms with van der Waals surface area (Å²) in [6.07, 6.45) is 2.34. The van der Waals surface area contributed by atoms with Crippen LogP contribution in [0.3, 0.4) is 0 Å². The number of fused-ring (bicyclic) bond motifs is 1. The molecule has 1 aromatic heterocycles. The lowest BCUT2D eigenvalue weighted by atomic mass is 10.1. The van der Waals surface area contributed by atoms with E-state index in [1.807, 2.05) is 19.1 Å². The second-order valence-corrected chi connectivity index (χ2v) is 5.80. The van der Waals surface area contributed by atoms with Gasteiger partial charge in [-0.05, 0) is 25.8 Å². The van der Waals surface area contributed by atoms with Crippen LogP contribution in [-0.2, 0) is 4.74 Å². The van der Waals surface area contributed by atoms with Crippen molar-refractivity contribution in [1.29, 1.82) is 0 Å². The molecule has 0 saturated carbocycles. The molecule has 2 aromatic rings. The van der Waals surface area contributed by atoms with Crippen molar-refractivity contribution in [3.63, 3.8) is 0 Å². The predicted molar refractivity (Wildman–Crippen MR) is 93.9 cm³/mol. The number of anilines is 2. The smallest absolute Gasteiger partial charge is 0.227 e. The number of hydrogen-bond donors (Lipinski definition) is 1. The largest absolute Gasteiger partial charge is 0.493 e. The van der Waals surface area contributed by atoms with Crippen LogP contribution in [0.15, 0.2) is 12.1 Å². The summed E-state index contributed by atoms with van der Waals surface area (Å²) in [7, 11) is 3.20. The van der Waals surface area contributed by atoms with Gasteiger partial charge in [0, 0.05) is 31.1 Å². The van der Waals surface area contributed by atoms with Gasteiger partial charge in [-0.3, -0.25) is 0 Å². The Morgan fingerprint density at radius 3 is 2.67 bits per heavy atom. The van der Waals surface area contributed by atoms with E-state index in [2.05, 4.69) is 14.9 Å². The topological polar surface area (TPSA) is 82.7 Å². The number of benzene rings is 1. The summed E-state index contributed by atoms with van der Waals surface area (Å²) in [5.41, 5.74) is 6.91. The number of methoxy groups -OCH3 is 2. The first-order valence-electron chi connectivity index (χ1n) is 8.22. The molecule has 2 N–H and O–H groups in total. The molecule has 0 spiro atoms. The second kappa shape index (κ2) is 7.09. The Labute approximate surface area is 141 Å². The second-order valence-electron chi connectivity index (χ2n) is 5.80. The minimum absolute atomic E-state index is 0.217. The molecule has 1 atom stereocenters. The van der Waals surface area contributed by atoms with Crippen LogP contribution in [0, 0.1) is 0 Å². The van der Waals surface area contributed by atoms with E-state index in [1.54, 1.807) is 14.2 Å². The van der Waals surface area contributed by atoms with Crippen LogP contribution in [0.5, 0.6) is 11.5 Å². The van der Waals surface area contributed by atoms with Gasteiger partial charge in [0.15, 0.2) is 11.5 Å². The van der Waals surface area contributed by atoms with Crippen LogP contribution >= 0.6 is 0 Å². The quantitative estimate of drug-likeness (QED) is 0.899. The molecule has 1 saturated heterocycles. The van der Waals surface area contributed by atoms with Crippen molar-refractivity contribution < 1.29 is 14.2 Å². The molecule has 1 aliphatic heterocycles. The normalized spacial score (nSPS) is 18.0. The number of aromatic nitrogens is 2. The number of piperidine rings is 1. The molecule has 7 heteroatoms. The first-order chi connectivity index (χ1) is 11.7. The molecular weight excluding hydrogens is 308 g/mol. The van der Waals surface area contributed by atoms with E-state index in [0.717, 1.165) is 43.4 Å². The van der Waals surface area contributed by atoms with Gasteiger partial charge in [-0.25, -0.2) is 4.98 Å². The SMILES string of the molecule is CCO[C@@H]1CCCN(c2nc(N)c3cc(OC)c(OC)cc3n2)C1. The molecule has 1 aliphatic rings. The van der Waals surface area contributed by atoms with Gasteiger partial charge in [0.2, 0.25) is 5.95 Å². The lowest BCUT2D eigenvalue weighted by molar-refractivity contribution is 0.0523. The van der Waals surface area contributed by atoms with Gasteiger partial charge in [-0.2, -0.15) is 4.98 Å². The van der Waals surface area contributed by atoms with Crippen LogP contribution in [0.1, 0.15) is 19.8 Å². The Kier molecular flexibility index (Phi) is 4.89. The lowest BCUT2D eigenvalue weighted by Crippen LogP contribution is -2.40. The van der Waals surface area contributed by atoms with Crippen molar-refractivity contribution in [2.45, 2.75) is 25.9 Å². The highest BCUT2D eigenvalue weighted by Crippen LogP contribution is 2.34. The molecule has 2 heterocycles. The molecule has 0 amide bonds. The molecular formula is C17H24N4O3. The summed E-state index contributed by atoms with van der Waals surface area (Å²) < 4.78 is 16.4. The Balaban J connectivity index is 1.97. The maximum atomic E-state index is 6.17. The third-order valence-electron chi connectivity index (χ3n) is 4.28. The fraction of sp³-hybridized carbons (Fsp3) is 0.529. The third-order valence-corrected chi connectivity index (χ3v) is 4.28. The van der Waals surface area contributed by atoms with Crippen molar-refractivity contribution in [2.24, 2.45) is 0 Å². The third kappa shape index (κ3) is 3.17. The van der Waals surface area contributed by atoms with Gasteiger partial charge in [0.1, 0.15) is 5.82 Å². The van der Waals surface area contributed by atoms with Crippen molar-refractivity contribution in [1.82, 2.24) is 9.97 Å². The molecule has 0 bridgehead atoms. The highest BCUT2D eigenvalue weighted by atomic mass is 16.5. The minimum Gasteiger partial charge on any atom is -0.493 e. The lowest BCUT2D eigenvalue weighted by Gasteiger charge is -2.32. The summed E-state index contributed by atoms with van der Waals surface area (Å²) in [6, 6.07) is 3.65. The standard InChI is InChI=1S/C17H24N4O3/c1-4-24-11-6-5-7-21(10-11)17-19-13-9-15(23-3)14(22-2)8-12(13)16(18)20-17/h8-9,11H,4-7,10H2,1-3H3,(H2,18,19,20)/t11-/m1/s1. The maximum absolute atomic E-state index is 6.17. The average Bonchev–Trinajstić information content (AvgIpc) is 2.61. The zero-order valence-electron chi connectivity index (χ0n) is 14.4. The fourth-order valence-electron chi connectivity index (χ4n) is 3.10. The first kappa shape index (κ1) is 16.6. The summed E-state index contributed by atoms with van der Waals surface area (Å²) in [5.74, 6) is 2.31. The fourth-order valence-corrected chi connectivity index (χ4v) is 3.10. The molecule has 1 aromatic carbocycles. The van der Waals surface area contributed by atoms with Crippen molar-refractivity contribution in [3.8, 4) is 11.5 Å². The molecule has 0 radical (unpaired) electrons. The summed E-state index contributed by atoms with van der Waals surface area (Å²) in [6.45, 7) is 4.42. The van der Waals surface area contributed by atoms with E-state index < -0.39 is 0 Å². The number of rotatable bonds is 5. The number of nitrogens with two attached hydrogens (primary N) is 1. The van der Waals surface area contributed by atoms with Gasteiger partial charge < -0.3 is 24.8 Å². The van der Waals surface area contributed by atoms with Crippen LogP contribution in [0.25, 0.3) is 10.9 Å². The molecule has 0 aliphatic carbocycles. The van der Waals surface area contributed by atoms with Gasteiger partial charge >= 0.3 is 0 Å². The van der Waals surface area contributed by atoms with E-state index in [9.17, 15) is 0 Å². The van der Waals surface area contributed by atoms with E-state index >= 15 is 0 Å². The first-order valence-corrected chi connectivity index (χ1v) is 8.22. The average molecular weight is 332 g/mol. The maximum Gasteiger partial charge on any atom is 0.227 e. The molecule has 7 nitrogen and oxygen atoms in total. The molecule has 3 rings (SSSR count). The summed E-state index contributed by atoms with van der Waals surface area (Å²) >= 11 is 0. The van der Waals surface area contributed by atoms with E-state index in [-0.39, 0.29) is 6.10 Å². The highest BCUT2D eigenvalue weighted by molar-refractivity contribution is 5.91.